The van der Waals surface area contributed by atoms with Crippen LogP contribution in [0.15, 0.2) is 30.3 Å². The van der Waals surface area contributed by atoms with E-state index in [4.69, 9.17) is 0 Å². The fraction of sp³-hybridized carbons (Fsp3) is 0.625. The van der Waals surface area contributed by atoms with E-state index in [1.165, 1.54) is 12.0 Å². The van der Waals surface area contributed by atoms with E-state index in [0.717, 1.165) is 25.6 Å². The van der Waals surface area contributed by atoms with Gasteiger partial charge in [0, 0.05) is 12.6 Å². The largest absolute Gasteiger partial charge is 0.315 e. The smallest absolute Gasteiger partial charge is 0.0469 e. The number of likely N-dealkylation sites (N-methyl/N-ethyl adjacent to an activating group) is 2. The quantitative estimate of drug-likeness (QED) is 0.759. The van der Waals surface area contributed by atoms with Crippen LogP contribution in [0.5, 0.6) is 0 Å². The maximum absolute atomic E-state index is 3.47. The van der Waals surface area contributed by atoms with Crippen molar-refractivity contribution in [2.24, 2.45) is 5.92 Å². The van der Waals surface area contributed by atoms with Crippen molar-refractivity contribution in [2.75, 3.05) is 26.7 Å². The molecule has 0 aliphatic carbocycles. The Labute approximate surface area is 112 Å². The molecule has 0 saturated heterocycles. The number of nitrogens with zero attached hydrogens (tertiary/aromatic N) is 1. The van der Waals surface area contributed by atoms with Gasteiger partial charge in [0.15, 0.2) is 0 Å². The Morgan fingerprint density at radius 3 is 2.39 bits per heavy atom. The molecule has 0 bridgehead atoms. The summed E-state index contributed by atoms with van der Waals surface area (Å²) >= 11 is 0. The second kappa shape index (κ2) is 8.28. The van der Waals surface area contributed by atoms with E-state index in [1.807, 2.05) is 0 Å². The van der Waals surface area contributed by atoms with Gasteiger partial charge in [-0.15, -0.1) is 0 Å². The van der Waals surface area contributed by atoms with Crippen LogP contribution in [0.2, 0.25) is 0 Å². The number of hydrogen-bond donors (Lipinski definition) is 1. The number of benzene rings is 1. The predicted molar refractivity (Wildman–Crippen MR) is 79.8 cm³/mol. The van der Waals surface area contributed by atoms with Gasteiger partial charge in [-0.1, -0.05) is 51.1 Å². The first-order valence-electron chi connectivity index (χ1n) is 7.11. The van der Waals surface area contributed by atoms with E-state index >= 15 is 0 Å². The summed E-state index contributed by atoms with van der Waals surface area (Å²) < 4.78 is 0. The average Bonchev–Trinajstić information content (AvgIpc) is 2.38. The predicted octanol–water partition coefficient (Wildman–Crippen LogP) is 3.32. The molecule has 2 nitrogen and oxygen atoms in total. The van der Waals surface area contributed by atoms with E-state index in [2.05, 4.69) is 68.4 Å². The minimum Gasteiger partial charge on any atom is -0.315 e. The van der Waals surface area contributed by atoms with Gasteiger partial charge < -0.3 is 5.32 Å². The average molecular weight is 248 g/mol. The minimum absolute atomic E-state index is 0.477. The molecule has 1 rings (SSSR count). The molecular formula is C16H28N2. The van der Waals surface area contributed by atoms with Gasteiger partial charge in [-0.2, -0.15) is 0 Å². The first kappa shape index (κ1) is 15.2. The molecule has 1 unspecified atom stereocenters. The number of hydrogen-bond acceptors (Lipinski definition) is 2. The van der Waals surface area contributed by atoms with Crippen LogP contribution in [-0.4, -0.2) is 31.6 Å². The van der Waals surface area contributed by atoms with E-state index in [1.54, 1.807) is 0 Å². The first-order valence-corrected chi connectivity index (χ1v) is 7.11. The molecule has 0 aliphatic heterocycles. The highest BCUT2D eigenvalue weighted by Gasteiger charge is 2.16. The van der Waals surface area contributed by atoms with Crippen molar-refractivity contribution < 1.29 is 0 Å². The molecule has 1 atom stereocenters. The highest BCUT2D eigenvalue weighted by molar-refractivity contribution is 5.19. The van der Waals surface area contributed by atoms with Crippen molar-refractivity contribution in [2.45, 2.75) is 33.2 Å². The monoisotopic (exact) mass is 248 g/mol. The summed E-state index contributed by atoms with van der Waals surface area (Å²) in [5.41, 5.74) is 1.41. The fourth-order valence-electron chi connectivity index (χ4n) is 2.10. The van der Waals surface area contributed by atoms with Gasteiger partial charge in [0.1, 0.15) is 0 Å². The second-order valence-corrected chi connectivity index (χ2v) is 5.40. The van der Waals surface area contributed by atoms with Crippen LogP contribution in [0.3, 0.4) is 0 Å². The molecule has 0 aromatic heterocycles. The molecule has 1 N–H and O–H groups in total. The molecule has 0 saturated carbocycles. The lowest BCUT2D eigenvalue weighted by Crippen LogP contribution is -2.34. The molecule has 0 radical (unpaired) electrons. The third kappa shape index (κ3) is 5.19. The van der Waals surface area contributed by atoms with Gasteiger partial charge in [-0.25, -0.2) is 0 Å². The zero-order valence-electron chi connectivity index (χ0n) is 12.3. The van der Waals surface area contributed by atoms with E-state index < -0.39 is 0 Å². The molecule has 2 heteroatoms. The SMILES string of the molecule is CCNCC(c1ccccc1)N(C)CCC(C)C. The maximum Gasteiger partial charge on any atom is 0.0469 e. The first-order chi connectivity index (χ1) is 8.65. The Bertz CT molecular complexity index is 308. The lowest BCUT2D eigenvalue weighted by Gasteiger charge is -2.29. The van der Waals surface area contributed by atoms with E-state index in [0.29, 0.717) is 6.04 Å². The normalized spacial score (nSPS) is 13.2. The molecule has 1 aromatic rings. The Hall–Kier alpha value is -0.860. The molecule has 1 aromatic carbocycles. The van der Waals surface area contributed by atoms with Crippen LogP contribution in [0, 0.1) is 5.92 Å². The molecule has 0 fully saturated rings. The Kier molecular flexibility index (Phi) is 6.99. The second-order valence-electron chi connectivity index (χ2n) is 5.40. The van der Waals surface area contributed by atoms with Crippen molar-refractivity contribution in [3.63, 3.8) is 0 Å². The summed E-state index contributed by atoms with van der Waals surface area (Å²) in [4.78, 5) is 2.47. The van der Waals surface area contributed by atoms with Crippen molar-refractivity contribution >= 4 is 0 Å². The van der Waals surface area contributed by atoms with Crippen LogP contribution in [0.25, 0.3) is 0 Å². The highest BCUT2D eigenvalue weighted by atomic mass is 15.1. The maximum atomic E-state index is 3.47. The number of rotatable bonds is 8. The van der Waals surface area contributed by atoms with E-state index in [-0.39, 0.29) is 0 Å². The van der Waals surface area contributed by atoms with E-state index in [9.17, 15) is 0 Å². The van der Waals surface area contributed by atoms with Gasteiger partial charge in [0.25, 0.3) is 0 Å². The summed E-state index contributed by atoms with van der Waals surface area (Å²) in [6.07, 6.45) is 1.26. The Balaban J connectivity index is 2.65. The highest BCUT2D eigenvalue weighted by Crippen LogP contribution is 2.19. The minimum atomic E-state index is 0.477. The fourth-order valence-corrected chi connectivity index (χ4v) is 2.10. The molecule has 0 spiro atoms. The third-order valence-electron chi connectivity index (χ3n) is 3.36. The summed E-state index contributed by atoms with van der Waals surface area (Å²) in [5, 5.41) is 3.47. The summed E-state index contributed by atoms with van der Waals surface area (Å²) in [6.45, 7) is 9.95. The van der Waals surface area contributed by atoms with Gasteiger partial charge in [-0.3, -0.25) is 4.90 Å². The molecule has 102 valence electrons. The summed E-state index contributed by atoms with van der Waals surface area (Å²) in [5.74, 6) is 0.767. The van der Waals surface area contributed by atoms with Gasteiger partial charge in [0.2, 0.25) is 0 Å². The summed E-state index contributed by atoms with van der Waals surface area (Å²) in [6, 6.07) is 11.3. The van der Waals surface area contributed by atoms with Crippen molar-refractivity contribution in [1.29, 1.82) is 0 Å². The third-order valence-corrected chi connectivity index (χ3v) is 3.36. The standard InChI is InChI=1S/C16H28N2/c1-5-17-13-16(15-9-7-6-8-10-15)18(4)12-11-14(2)3/h6-10,14,16-17H,5,11-13H2,1-4H3. The summed E-state index contributed by atoms with van der Waals surface area (Å²) in [7, 11) is 2.23. The Morgan fingerprint density at radius 1 is 1.17 bits per heavy atom. The molecular weight excluding hydrogens is 220 g/mol. The van der Waals surface area contributed by atoms with Crippen LogP contribution in [-0.2, 0) is 0 Å². The molecule has 0 aliphatic rings. The zero-order chi connectivity index (χ0) is 13.4. The zero-order valence-corrected chi connectivity index (χ0v) is 12.3. The molecule has 0 amide bonds. The van der Waals surface area contributed by atoms with Gasteiger partial charge in [-0.05, 0) is 38.0 Å². The van der Waals surface area contributed by atoms with Gasteiger partial charge in [0.05, 0.1) is 0 Å². The Morgan fingerprint density at radius 2 is 1.83 bits per heavy atom. The van der Waals surface area contributed by atoms with Crippen LogP contribution < -0.4 is 5.32 Å². The van der Waals surface area contributed by atoms with Gasteiger partial charge >= 0.3 is 0 Å². The van der Waals surface area contributed by atoms with Crippen LogP contribution >= 0.6 is 0 Å². The van der Waals surface area contributed by atoms with Crippen LogP contribution in [0.4, 0.5) is 0 Å². The lowest BCUT2D eigenvalue weighted by molar-refractivity contribution is 0.226. The topological polar surface area (TPSA) is 15.3 Å². The lowest BCUT2D eigenvalue weighted by atomic mass is 10.0. The number of nitrogens with one attached hydrogen (secondary N) is 1. The van der Waals surface area contributed by atoms with Crippen molar-refractivity contribution in [3.8, 4) is 0 Å². The van der Waals surface area contributed by atoms with Crippen molar-refractivity contribution in [1.82, 2.24) is 10.2 Å². The molecule has 18 heavy (non-hydrogen) atoms. The molecule has 0 heterocycles. The van der Waals surface area contributed by atoms with Crippen molar-refractivity contribution in [3.05, 3.63) is 35.9 Å². The van der Waals surface area contributed by atoms with Crippen LogP contribution in [0.1, 0.15) is 38.8 Å².